The van der Waals surface area contributed by atoms with Crippen LogP contribution in [0.1, 0.15) is 5.56 Å². The Kier molecular flexibility index (Phi) is 5.11. The highest BCUT2D eigenvalue weighted by Crippen LogP contribution is 2.32. The molecule has 21 heavy (non-hydrogen) atoms. The van der Waals surface area contributed by atoms with E-state index in [0.29, 0.717) is 5.56 Å². The zero-order valence-corrected chi connectivity index (χ0v) is 13.5. The van der Waals surface area contributed by atoms with Crippen LogP contribution >= 0.6 is 34.8 Å². The maximum Gasteiger partial charge on any atom is 0.243 e. The SMILES string of the molecule is O=S(=O)(NCc1ccc(F)cc1)c1c(Cl)cc(Cl)cc1Cl. The third kappa shape index (κ3) is 4.08. The summed E-state index contributed by atoms with van der Waals surface area (Å²) in [6, 6.07) is 8.02. The van der Waals surface area contributed by atoms with Gasteiger partial charge < -0.3 is 0 Å². The molecule has 0 aliphatic carbocycles. The summed E-state index contributed by atoms with van der Waals surface area (Å²) in [5, 5.41) is 0.0979. The summed E-state index contributed by atoms with van der Waals surface area (Å²) in [6.45, 7) is -0.0160. The van der Waals surface area contributed by atoms with Gasteiger partial charge in [-0.3, -0.25) is 0 Å². The second-order valence-corrected chi connectivity index (χ2v) is 7.10. The van der Waals surface area contributed by atoms with Gasteiger partial charge in [-0.15, -0.1) is 0 Å². The van der Waals surface area contributed by atoms with Gasteiger partial charge in [-0.05, 0) is 29.8 Å². The van der Waals surface area contributed by atoms with Crippen molar-refractivity contribution < 1.29 is 12.8 Å². The number of sulfonamides is 1. The Morgan fingerprint density at radius 1 is 1.00 bits per heavy atom. The summed E-state index contributed by atoms with van der Waals surface area (Å²) < 4.78 is 39.6. The first kappa shape index (κ1) is 16.5. The number of nitrogens with one attached hydrogen (secondary N) is 1. The fourth-order valence-corrected chi connectivity index (χ4v) is 4.20. The summed E-state index contributed by atoms with van der Waals surface area (Å²) in [5.41, 5.74) is 0.598. The number of hydrogen-bond donors (Lipinski definition) is 1. The van der Waals surface area contributed by atoms with Crippen LogP contribution in [-0.4, -0.2) is 8.42 Å². The minimum absolute atomic E-state index is 0.0160. The first-order valence-corrected chi connectivity index (χ1v) is 8.30. The van der Waals surface area contributed by atoms with Crippen LogP contribution in [0.5, 0.6) is 0 Å². The van der Waals surface area contributed by atoms with Gasteiger partial charge in [-0.1, -0.05) is 46.9 Å². The van der Waals surface area contributed by atoms with Crippen molar-refractivity contribution in [2.24, 2.45) is 0 Å². The molecular formula is C13H9Cl3FNO2S. The largest absolute Gasteiger partial charge is 0.243 e. The molecule has 2 aromatic carbocycles. The quantitative estimate of drug-likeness (QED) is 0.876. The van der Waals surface area contributed by atoms with Crippen LogP contribution in [0.4, 0.5) is 4.39 Å². The van der Waals surface area contributed by atoms with Gasteiger partial charge in [0.15, 0.2) is 0 Å². The van der Waals surface area contributed by atoms with Crippen molar-refractivity contribution in [1.82, 2.24) is 4.72 Å². The third-order valence-electron chi connectivity index (χ3n) is 2.61. The molecule has 8 heteroatoms. The van der Waals surface area contributed by atoms with Crippen molar-refractivity contribution in [3.05, 3.63) is 62.8 Å². The Balaban J connectivity index is 2.25. The minimum Gasteiger partial charge on any atom is -0.207 e. The van der Waals surface area contributed by atoms with E-state index in [2.05, 4.69) is 4.72 Å². The summed E-state index contributed by atoms with van der Waals surface area (Å²) >= 11 is 17.5. The van der Waals surface area contributed by atoms with Crippen LogP contribution in [0.2, 0.25) is 15.1 Å². The van der Waals surface area contributed by atoms with Crippen molar-refractivity contribution in [2.75, 3.05) is 0 Å². The molecule has 0 atom stereocenters. The van der Waals surface area contributed by atoms with E-state index < -0.39 is 15.8 Å². The molecular weight excluding hydrogens is 360 g/mol. The monoisotopic (exact) mass is 367 g/mol. The van der Waals surface area contributed by atoms with E-state index in [4.69, 9.17) is 34.8 Å². The molecule has 0 heterocycles. The molecule has 1 N–H and O–H groups in total. The number of halogens is 4. The first-order chi connectivity index (χ1) is 9.79. The van der Waals surface area contributed by atoms with Crippen LogP contribution < -0.4 is 4.72 Å². The molecule has 112 valence electrons. The highest BCUT2D eigenvalue weighted by atomic mass is 35.5. The molecule has 0 unspecified atom stereocenters. The fourth-order valence-electron chi connectivity index (χ4n) is 1.64. The van der Waals surface area contributed by atoms with Crippen LogP contribution in [-0.2, 0) is 16.6 Å². The summed E-state index contributed by atoms with van der Waals surface area (Å²) in [7, 11) is -3.91. The summed E-state index contributed by atoms with van der Waals surface area (Å²) in [4.78, 5) is -0.239. The van der Waals surface area contributed by atoms with Gasteiger partial charge in [-0.25, -0.2) is 17.5 Å². The molecule has 0 radical (unpaired) electrons. The molecule has 2 rings (SSSR count). The second-order valence-electron chi connectivity index (χ2n) is 4.15. The van der Waals surface area contributed by atoms with Crippen molar-refractivity contribution in [1.29, 1.82) is 0 Å². The lowest BCUT2D eigenvalue weighted by molar-refractivity contribution is 0.581. The minimum atomic E-state index is -3.91. The van der Waals surface area contributed by atoms with E-state index in [1.807, 2.05) is 0 Å². The lowest BCUT2D eigenvalue weighted by Crippen LogP contribution is -2.24. The highest BCUT2D eigenvalue weighted by molar-refractivity contribution is 7.89. The van der Waals surface area contributed by atoms with Crippen LogP contribution in [0.15, 0.2) is 41.3 Å². The second kappa shape index (κ2) is 6.50. The zero-order chi connectivity index (χ0) is 15.6. The van der Waals surface area contributed by atoms with E-state index >= 15 is 0 Å². The van der Waals surface area contributed by atoms with Gasteiger partial charge in [0.2, 0.25) is 10.0 Å². The molecule has 0 saturated heterocycles. The van der Waals surface area contributed by atoms with Gasteiger partial charge in [0.25, 0.3) is 0 Å². The molecule has 0 bridgehead atoms. The van der Waals surface area contributed by atoms with Crippen LogP contribution in [0.25, 0.3) is 0 Å². The van der Waals surface area contributed by atoms with Crippen molar-refractivity contribution in [3.8, 4) is 0 Å². The molecule has 3 nitrogen and oxygen atoms in total. The standard InChI is InChI=1S/C13H9Cl3FNO2S/c14-9-5-11(15)13(12(16)6-9)21(19,20)18-7-8-1-3-10(17)4-2-8/h1-6,18H,7H2. The van der Waals surface area contributed by atoms with Crippen molar-refractivity contribution in [3.63, 3.8) is 0 Å². The van der Waals surface area contributed by atoms with Crippen LogP contribution in [0.3, 0.4) is 0 Å². The van der Waals surface area contributed by atoms with Crippen LogP contribution in [0, 0.1) is 5.82 Å². The highest BCUT2D eigenvalue weighted by Gasteiger charge is 2.22. The van der Waals surface area contributed by atoms with Crippen molar-refractivity contribution >= 4 is 44.8 Å². The predicted octanol–water partition coefficient (Wildman–Crippen LogP) is 4.26. The Hall–Kier alpha value is -0.850. The van der Waals surface area contributed by atoms with E-state index in [1.165, 1.54) is 36.4 Å². The van der Waals surface area contributed by atoms with Gasteiger partial charge >= 0.3 is 0 Å². The molecule has 0 spiro atoms. The Morgan fingerprint density at radius 3 is 2.05 bits per heavy atom. The lowest BCUT2D eigenvalue weighted by atomic mass is 10.2. The van der Waals surface area contributed by atoms with Gasteiger partial charge in [-0.2, -0.15) is 0 Å². The Bertz CT molecular complexity index is 740. The molecule has 0 amide bonds. The molecule has 0 aromatic heterocycles. The first-order valence-electron chi connectivity index (χ1n) is 5.68. The van der Waals surface area contributed by atoms with Crippen molar-refractivity contribution in [2.45, 2.75) is 11.4 Å². The molecule has 0 aliphatic rings. The van der Waals surface area contributed by atoms with Gasteiger partial charge in [0.1, 0.15) is 10.7 Å². The average molecular weight is 369 g/mol. The molecule has 0 saturated carbocycles. The predicted molar refractivity (Wildman–Crippen MR) is 81.9 cm³/mol. The number of benzene rings is 2. The molecule has 2 aromatic rings. The zero-order valence-electron chi connectivity index (χ0n) is 10.4. The maximum absolute atomic E-state index is 12.8. The summed E-state index contributed by atoms with van der Waals surface area (Å²) in [6.07, 6.45) is 0. The van der Waals surface area contributed by atoms with E-state index in [0.717, 1.165) is 0 Å². The van der Waals surface area contributed by atoms with E-state index in [-0.39, 0.29) is 26.5 Å². The van der Waals surface area contributed by atoms with E-state index in [9.17, 15) is 12.8 Å². The normalized spacial score (nSPS) is 11.6. The topological polar surface area (TPSA) is 46.2 Å². The summed E-state index contributed by atoms with van der Waals surface area (Å²) in [5.74, 6) is -0.398. The van der Waals surface area contributed by atoms with Gasteiger partial charge in [0, 0.05) is 11.6 Å². The Morgan fingerprint density at radius 2 is 1.52 bits per heavy atom. The number of hydrogen-bond acceptors (Lipinski definition) is 2. The lowest BCUT2D eigenvalue weighted by Gasteiger charge is -2.10. The average Bonchev–Trinajstić information content (AvgIpc) is 2.36. The molecule has 0 fully saturated rings. The number of rotatable bonds is 4. The smallest absolute Gasteiger partial charge is 0.207 e. The van der Waals surface area contributed by atoms with E-state index in [1.54, 1.807) is 0 Å². The fraction of sp³-hybridized carbons (Fsp3) is 0.0769. The third-order valence-corrected chi connectivity index (χ3v) is 5.15. The maximum atomic E-state index is 12.8. The van der Waals surface area contributed by atoms with Gasteiger partial charge in [0.05, 0.1) is 10.0 Å². The molecule has 0 aliphatic heterocycles. The Labute approximate surface area is 136 Å².